The first-order valence-electron chi connectivity index (χ1n) is 14.4. The Morgan fingerprint density at radius 1 is 0.957 bits per heavy atom. The second-order valence-corrected chi connectivity index (χ2v) is 11.5. The molecule has 0 aromatic heterocycles. The van der Waals surface area contributed by atoms with E-state index in [9.17, 15) is 41.4 Å². The maximum absolute atomic E-state index is 13.7. The molecule has 0 spiro atoms. The highest BCUT2D eigenvalue weighted by Gasteiger charge is 2.57. The molecule has 0 radical (unpaired) electrons. The quantitative estimate of drug-likeness (QED) is 0.209. The topological polar surface area (TPSA) is 115 Å². The number of benzene rings is 3. The number of rotatable bonds is 7. The number of alkyl halides is 6. The number of hydrogen-bond donors (Lipinski definition) is 4. The molecule has 1 fully saturated rings. The van der Waals surface area contributed by atoms with Crippen LogP contribution >= 0.6 is 0 Å². The summed E-state index contributed by atoms with van der Waals surface area (Å²) >= 11 is 0. The summed E-state index contributed by atoms with van der Waals surface area (Å²) in [6, 6.07) is 17.6. The second kappa shape index (κ2) is 12.4. The molecule has 1 saturated carbocycles. The molecule has 3 aromatic rings. The Morgan fingerprint density at radius 2 is 1.63 bits per heavy atom. The predicted molar refractivity (Wildman–Crippen MR) is 155 cm³/mol. The minimum atomic E-state index is -5.05. The Hall–Kier alpha value is -4.38. The Morgan fingerprint density at radius 3 is 2.24 bits per heavy atom. The van der Waals surface area contributed by atoms with Crippen molar-refractivity contribution < 1.29 is 46.2 Å². The lowest BCUT2D eigenvalue weighted by atomic mass is 9.73. The molecule has 13 heteroatoms. The first-order valence-corrected chi connectivity index (χ1v) is 14.4. The Balaban J connectivity index is 1.39. The lowest BCUT2D eigenvalue weighted by molar-refractivity contribution is -0.345. The van der Waals surface area contributed by atoms with Crippen LogP contribution in [0.4, 0.5) is 32.0 Å². The highest BCUT2D eigenvalue weighted by Crippen LogP contribution is 2.39. The van der Waals surface area contributed by atoms with E-state index in [2.05, 4.69) is 15.6 Å². The van der Waals surface area contributed by atoms with Crippen molar-refractivity contribution in [1.82, 2.24) is 5.48 Å². The number of aliphatic hydroxyl groups is 2. The number of nitrogens with one attached hydrogen (secondary N) is 2. The number of halogens is 6. The number of carbonyl (C=O) groups is 1. The van der Waals surface area contributed by atoms with Gasteiger partial charge >= 0.3 is 18.1 Å². The Bertz CT molecular complexity index is 1680. The van der Waals surface area contributed by atoms with E-state index in [1.165, 1.54) is 24.3 Å². The predicted octanol–water partition coefficient (Wildman–Crippen LogP) is 6.86. The fourth-order valence-corrected chi connectivity index (χ4v) is 5.87. The molecule has 242 valence electrons. The molecular formula is C33H29F6N3O4. The van der Waals surface area contributed by atoms with Gasteiger partial charge < -0.3 is 15.5 Å². The van der Waals surface area contributed by atoms with Gasteiger partial charge in [-0.1, -0.05) is 67.8 Å². The van der Waals surface area contributed by atoms with Gasteiger partial charge in [0.1, 0.15) is 5.60 Å². The molecular weight excluding hydrogens is 616 g/mol. The highest BCUT2D eigenvalue weighted by atomic mass is 19.4. The average Bonchev–Trinajstić information content (AvgIpc) is 3.45. The zero-order chi connectivity index (χ0) is 33.3. The first kappa shape index (κ1) is 33.0. The van der Waals surface area contributed by atoms with Crippen LogP contribution in [0.3, 0.4) is 0 Å². The molecule has 1 amide bonds. The zero-order valence-corrected chi connectivity index (χ0v) is 24.2. The summed E-state index contributed by atoms with van der Waals surface area (Å²) in [6.07, 6.45) is -5.91. The van der Waals surface area contributed by atoms with Crippen molar-refractivity contribution in [2.75, 3.05) is 5.32 Å². The van der Waals surface area contributed by atoms with Gasteiger partial charge in [-0.15, -0.1) is 0 Å². The summed E-state index contributed by atoms with van der Waals surface area (Å²) in [4.78, 5) is 18.0. The smallest absolute Gasteiger partial charge is 0.379 e. The third kappa shape index (κ3) is 6.74. The number of hydroxylamine groups is 1. The third-order valence-electron chi connectivity index (χ3n) is 8.37. The normalized spacial score (nSPS) is 20.3. The van der Waals surface area contributed by atoms with Gasteiger partial charge in [0.25, 0.3) is 5.91 Å². The molecule has 1 heterocycles. The first-order chi connectivity index (χ1) is 21.6. The van der Waals surface area contributed by atoms with E-state index in [1.54, 1.807) is 36.4 Å². The fraction of sp³-hybridized carbons (Fsp3) is 0.333. The van der Waals surface area contributed by atoms with Crippen molar-refractivity contribution >= 4 is 17.3 Å². The van der Waals surface area contributed by atoms with Crippen molar-refractivity contribution in [3.8, 4) is 17.2 Å². The number of amides is 1. The van der Waals surface area contributed by atoms with Crippen molar-refractivity contribution in [3.63, 3.8) is 0 Å². The molecule has 7 nitrogen and oxygen atoms in total. The van der Waals surface area contributed by atoms with Crippen LogP contribution in [-0.4, -0.2) is 33.7 Å². The van der Waals surface area contributed by atoms with E-state index in [1.807, 2.05) is 0 Å². The van der Waals surface area contributed by atoms with Crippen LogP contribution in [0, 0.1) is 17.2 Å². The molecule has 5 rings (SSSR count). The minimum Gasteiger partial charge on any atom is -0.379 e. The molecule has 0 saturated heterocycles. The minimum absolute atomic E-state index is 0.0756. The van der Waals surface area contributed by atoms with Gasteiger partial charge in [0, 0.05) is 18.2 Å². The Kier molecular flexibility index (Phi) is 8.92. The number of nitrogens with zero attached hydrogens (tertiary/aromatic N) is 1. The molecule has 2 atom stereocenters. The van der Waals surface area contributed by atoms with Crippen LogP contribution in [0.1, 0.15) is 54.4 Å². The van der Waals surface area contributed by atoms with Gasteiger partial charge in [0.2, 0.25) is 0 Å². The van der Waals surface area contributed by atoms with Gasteiger partial charge in [-0.05, 0) is 59.2 Å². The molecule has 1 aliphatic carbocycles. The summed E-state index contributed by atoms with van der Waals surface area (Å²) in [7, 11) is 0. The number of hydrogen-bond acceptors (Lipinski definition) is 6. The molecule has 0 bridgehead atoms. The largest absolute Gasteiger partial charge is 0.449 e. The van der Waals surface area contributed by atoms with Crippen molar-refractivity contribution in [1.29, 1.82) is 5.26 Å². The highest BCUT2D eigenvalue weighted by molar-refractivity contribution is 5.98. The number of carbonyl (C=O) groups excluding carboxylic acids is 1. The van der Waals surface area contributed by atoms with Crippen LogP contribution in [0.25, 0.3) is 16.8 Å². The van der Waals surface area contributed by atoms with Gasteiger partial charge in [-0.25, -0.2) is 4.84 Å². The summed E-state index contributed by atoms with van der Waals surface area (Å²) in [5.41, 5.74) is 0.292. The standard InChI is InChI=1S/C33H29F6N3O4/c34-32(35,36)27-16-26(14-13-24(27)19-40)41-29(43)30(44,25-7-2-1-3-8-25)17-20-5-4-6-23(15-20)21-9-11-22(12-10-21)28-18-31(45,46-42-28)33(37,38)39/h4-6,9-16,18,25,42,44-45H,1-3,7-8,17H2,(H,41,43). The van der Waals surface area contributed by atoms with Crippen LogP contribution < -0.4 is 10.8 Å². The SMILES string of the molecule is N#Cc1ccc(NC(=O)C(O)(Cc2cccc(-c3ccc(C4=CC(O)(C(F)(F)F)ON4)cc3)c2)C2CCCCC2)cc1C(F)(F)F. The van der Waals surface area contributed by atoms with Gasteiger partial charge in [-0.3, -0.25) is 10.3 Å². The fourth-order valence-electron chi connectivity index (χ4n) is 5.87. The maximum atomic E-state index is 13.7. The average molecular weight is 646 g/mol. The van der Waals surface area contributed by atoms with E-state index >= 15 is 0 Å². The zero-order valence-electron chi connectivity index (χ0n) is 24.2. The van der Waals surface area contributed by atoms with E-state index in [-0.39, 0.29) is 17.8 Å². The van der Waals surface area contributed by atoms with E-state index in [0.29, 0.717) is 47.2 Å². The molecule has 2 unspecified atom stereocenters. The van der Waals surface area contributed by atoms with Crippen LogP contribution in [0.5, 0.6) is 0 Å². The van der Waals surface area contributed by atoms with Crippen molar-refractivity contribution in [2.24, 2.45) is 5.92 Å². The second-order valence-electron chi connectivity index (χ2n) is 11.5. The van der Waals surface area contributed by atoms with Crippen molar-refractivity contribution in [3.05, 3.63) is 95.1 Å². The Labute approximate surface area is 260 Å². The van der Waals surface area contributed by atoms with Crippen LogP contribution in [-0.2, 0) is 22.2 Å². The number of nitriles is 1. The summed E-state index contributed by atoms with van der Waals surface area (Å²) in [5.74, 6) is -4.78. The van der Waals surface area contributed by atoms with Crippen LogP contribution in [0.2, 0.25) is 0 Å². The van der Waals surface area contributed by atoms with E-state index < -0.39 is 46.7 Å². The summed E-state index contributed by atoms with van der Waals surface area (Å²) in [5, 5.41) is 33.2. The lowest BCUT2D eigenvalue weighted by Crippen LogP contribution is -2.51. The molecule has 4 N–H and O–H groups in total. The third-order valence-corrected chi connectivity index (χ3v) is 8.37. The lowest BCUT2D eigenvalue weighted by Gasteiger charge is -2.37. The summed E-state index contributed by atoms with van der Waals surface area (Å²) in [6.45, 7) is 0. The molecule has 2 aliphatic rings. The summed E-state index contributed by atoms with van der Waals surface area (Å²) < 4.78 is 79.9. The van der Waals surface area contributed by atoms with Crippen molar-refractivity contribution in [2.45, 2.75) is 62.3 Å². The monoisotopic (exact) mass is 645 g/mol. The number of anilines is 1. The molecule has 1 aliphatic heterocycles. The van der Waals surface area contributed by atoms with Crippen LogP contribution in [0.15, 0.2) is 72.8 Å². The van der Waals surface area contributed by atoms with Gasteiger partial charge in [0.15, 0.2) is 0 Å². The van der Waals surface area contributed by atoms with E-state index in [4.69, 9.17) is 5.26 Å². The molecule has 46 heavy (non-hydrogen) atoms. The van der Waals surface area contributed by atoms with Gasteiger partial charge in [-0.2, -0.15) is 31.6 Å². The maximum Gasteiger partial charge on any atom is 0.449 e. The van der Waals surface area contributed by atoms with E-state index in [0.717, 1.165) is 25.3 Å². The molecule has 3 aromatic carbocycles. The van der Waals surface area contributed by atoms with Gasteiger partial charge in [0.05, 0.1) is 22.9 Å².